The molecular weight excluding hydrogens is 270 g/mol. The number of likely N-dealkylation sites (tertiary alicyclic amines) is 1. The molecule has 2 heterocycles. The molecule has 2 aromatic rings. The van der Waals surface area contributed by atoms with E-state index in [2.05, 4.69) is 64.3 Å². The molecule has 1 aliphatic rings. The Morgan fingerprint density at radius 1 is 1.23 bits per heavy atom. The van der Waals surface area contributed by atoms with Crippen LogP contribution in [0.2, 0.25) is 0 Å². The number of aryl methyl sites for hydroxylation is 1. The van der Waals surface area contributed by atoms with E-state index in [-0.39, 0.29) is 0 Å². The molecule has 0 unspecified atom stereocenters. The SMILES string of the molecule is Cc1cc([C@H]2CCCN2Cc2ccccc2)cnc1N(C)C. The largest absolute Gasteiger partial charge is 0.363 e. The van der Waals surface area contributed by atoms with Crippen LogP contribution < -0.4 is 4.90 Å². The van der Waals surface area contributed by atoms with Crippen LogP contribution in [0.5, 0.6) is 0 Å². The van der Waals surface area contributed by atoms with Gasteiger partial charge in [0.2, 0.25) is 0 Å². The van der Waals surface area contributed by atoms with E-state index in [1.54, 1.807) is 0 Å². The van der Waals surface area contributed by atoms with Gasteiger partial charge in [-0.1, -0.05) is 30.3 Å². The number of anilines is 1. The third kappa shape index (κ3) is 3.14. The molecule has 1 fully saturated rings. The van der Waals surface area contributed by atoms with Gasteiger partial charge < -0.3 is 4.90 Å². The van der Waals surface area contributed by atoms with Gasteiger partial charge in [-0.3, -0.25) is 4.90 Å². The minimum Gasteiger partial charge on any atom is -0.363 e. The van der Waals surface area contributed by atoms with Crippen molar-refractivity contribution in [1.82, 2.24) is 9.88 Å². The second-order valence-electron chi connectivity index (χ2n) is 6.42. The molecular formula is C19H25N3. The van der Waals surface area contributed by atoms with Crippen molar-refractivity contribution in [1.29, 1.82) is 0 Å². The molecule has 3 heteroatoms. The quantitative estimate of drug-likeness (QED) is 0.855. The molecule has 0 bridgehead atoms. The highest BCUT2D eigenvalue weighted by Gasteiger charge is 2.26. The van der Waals surface area contributed by atoms with Crippen LogP contribution in [-0.2, 0) is 6.54 Å². The summed E-state index contributed by atoms with van der Waals surface area (Å²) in [5, 5.41) is 0. The van der Waals surface area contributed by atoms with Gasteiger partial charge in [-0.25, -0.2) is 4.98 Å². The minimum atomic E-state index is 0.502. The summed E-state index contributed by atoms with van der Waals surface area (Å²) in [4.78, 5) is 9.33. The highest BCUT2D eigenvalue weighted by atomic mass is 15.2. The summed E-state index contributed by atoms with van der Waals surface area (Å²) >= 11 is 0. The first-order chi connectivity index (χ1) is 10.6. The summed E-state index contributed by atoms with van der Waals surface area (Å²) in [5.41, 5.74) is 4.01. The number of benzene rings is 1. The van der Waals surface area contributed by atoms with Crippen LogP contribution in [0.3, 0.4) is 0 Å². The van der Waals surface area contributed by atoms with Gasteiger partial charge in [0, 0.05) is 32.9 Å². The second kappa shape index (κ2) is 6.49. The fourth-order valence-corrected chi connectivity index (χ4v) is 3.45. The highest BCUT2D eigenvalue weighted by molar-refractivity contribution is 5.46. The smallest absolute Gasteiger partial charge is 0.130 e. The second-order valence-corrected chi connectivity index (χ2v) is 6.42. The maximum Gasteiger partial charge on any atom is 0.130 e. The van der Waals surface area contributed by atoms with Crippen LogP contribution in [0.4, 0.5) is 5.82 Å². The fraction of sp³-hybridized carbons (Fsp3) is 0.421. The standard InChI is InChI=1S/C19H25N3/c1-15-12-17(13-20-19(15)21(2)3)18-10-7-11-22(18)14-16-8-5-4-6-9-16/h4-6,8-9,12-13,18H,7,10-11,14H2,1-3H3/t18-/m1/s1. The maximum atomic E-state index is 4.66. The van der Waals surface area contributed by atoms with Crippen LogP contribution in [0, 0.1) is 6.92 Å². The predicted octanol–water partition coefficient (Wildman–Crippen LogP) is 3.79. The van der Waals surface area contributed by atoms with Gasteiger partial charge in [0.15, 0.2) is 0 Å². The molecule has 0 spiro atoms. The Balaban J connectivity index is 1.79. The van der Waals surface area contributed by atoms with E-state index in [9.17, 15) is 0 Å². The van der Waals surface area contributed by atoms with Crippen molar-refractivity contribution >= 4 is 5.82 Å². The third-order valence-corrected chi connectivity index (χ3v) is 4.47. The Hall–Kier alpha value is -1.87. The van der Waals surface area contributed by atoms with Gasteiger partial charge in [-0.05, 0) is 49.1 Å². The summed E-state index contributed by atoms with van der Waals surface area (Å²) in [6, 6.07) is 13.6. The number of nitrogens with zero attached hydrogens (tertiary/aromatic N) is 3. The van der Waals surface area contributed by atoms with Gasteiger partial charge in [-0.2, -0.15) is 0 Å². The number of aromatic nitrogens is 1. The van der Waals surface area contributed by atoms with Crippen LogP contribution in [0.1, 0.15) is 35.6 Å². The Bertz CT molecular complexity index is 622. The Morgan fingerprint density at radius 3 is 2.68 bits per heavy atom. The normalized spacial score (nSPS) is 18.6. The van der Waals surface area contributed by atoms with Gasteiger partial charge in [0.25, 0.3) is 0 Å². The molecule has 1 aromatic carbocycles. The molecule has 1 atom stereocenters. The lowest BCUT2D eigenvalue weighted by Crippen LogP contribution is -2.23. The average Bonchev–Trinajstić information content (AvgIpc) is 2.96. The molecule has 0 aliphatic carbocycles. The fourth-order valence-electron chi connectivity index (χ4n) is 3.45. The van der Waals surface area contributed by atoms with E-state index in [0.717, 1.165) is 12.4 Å². The van der Waals surface area contributed by atoms with E-state index >= 15 is 0 Å². The number of pyridine rings is 1. The van der Waals surface area contributed by atoms with Crippen LogP contribution in [-0.4, -0.2) is 30.5 Å². The first-order valence-electron chi connectivity index (χ1n) is 8.07. The highest BCUT2D eigenvalue weighted by Crippen LogP contribution is 2.34. The average molecular weight is 295 g/mol. The Kier molecular flexibility index (Phi) is 4.44. The molecule has 22 heavy (non-hydrogen) atoms. The van der Waals surface area contributed by atoms with Crippen LogP contribution in [0.25, 0.3) is 0 Å². The molecule has 1 saturated heterocycles. The summed E-state index contributed by atoms with van der Waals surface area (Å²) in [7, 11) is 4.10. The monoisotopic (exact) mass is 295 g/mol. The lowest BCUT2D eigenvalue weighted by molar-refractivity contribution is 0.248. The zero-order valence-electron chi connectivity index (χ0n) is 13.8. The van der Waals surface area contributed by atoms with Crippen molar-refractivity contribution in [3.63, 3.8) is 0 Å². The molecule has 3 nitrogen and oxygen atoms in total. The zero-order chi connectivity index (χ0) is 15.5. The summed E-state index contributed by atoms with van der Waals surface area (Å²) in [6.45, 7) is 4.36. The summed E-state index contributed by atoms with van der Waals surface area (Å²) in [6.07, 6.45) is 4.57. The van der Waals surface area contributed by atoms with Crippen molar-refractivity contribution < 1.29 is 0 Å². The van der Waals surface area contributed by atoms with E-state index in [1.165, 1.54) is 36.1 Å². The van der Waals surface area contributed by atoms with Crippen molar-refractivity contribution in [2.24, 2.45) is 0 Å². The van der Waals surface area contributed by atoms with E-state index < -0.39 is 0 Å². The van der Waals surface area contributed by atoms with Crippen LogP contribution in [0.15, 0.2) is 42.6 Å². The Morgan fingerprint density at radius 2 is 2.00 bits per heavy atom. The van der Waals surface area contributed by atoms with E-state index in [1.807, 2.05) is 14.1 Å². The molecule has 116 valence electrons. The zero-order valence-corrected chi connectivity index (χ0v) is 13.8. The predicted molar refractivity (Wildman–Crippen MR) is 92.1 cm³/mol. The minimum absolute atomic E-state index is 0.502. The molecule has 0 N–H and O–H groups in total. The first kappa shape index (κ1) is 15.0. The topological polar surface area (TPSA) is 19.4 Å². The third-order valence-electron chi connectivity index (χ3n) is 4.47. The van der Waals surface area contributed by atoms with Gasteiger partial charge >= 0.3 is 0 Å². The van der Waals surface area contributed by atoms with E-state index in [0.29, 0.717) is 6.04 Å². The first-order valence-corrected chi connectivity index (χ1v) is 8.07. The lowest BCUT2D eigenvalue weighted by Gasteiger charge is -2.25. The molecule has 0 saturated carbocycles. The van der Waals surface area contributed by atoms with Crippen molar-refractivity contribution in [3.8, 4) is 0 Å². The summed E-state index contributed by atoms with van der Waals surface area (Å²) in [5.74, 6) is 1.07. The molecule has 0 amide bonds. The Labute approximate surface area is 133 Å². The van der Waals surface area contributed by atoms with Crippen molar-refractivity contribution in [2.75, 3.05) is 25.5 Å². The van der Waals surface area contributed by atoms with Gasteiger partial charge in [0.1, 0.15) is 5.82 Å². The number of hydrogen-bond donors (Lipinski definition) is 0. The van der Waals surface area contributed by atoms with Crippen LogP contribution >= 0.6 is 0 Å². The summed E-state index contributed by atoms with van der Waals surface area (Å²) < 4.78 is 0. The number of hydrogen-bond acceptors (Lipinski definition) is 3. The molecule has 1 aromatic heterocycles. The van der Waals surface area contributed by atoms with Gasteiger partial charge in [0.05, 0.1) is 0 Å². The molecule has 3 rings (SSSR count). The maximum absolute atomic E-state index is 4.66. The molecule has 1 aliphatic heterocycles. The van der Waals surface area contributed by atoms with Crippen molar-refractivity contribution in [2.45, 2.75) is 32.4 Å². The lowest BCUT2D eigenvalue weighted by atomic mass is 10.0. The van der Waals surface area contributed by atoms with Crippen molar-refractivity contribution in [3.05, 3.63) is 59.3 Å². The van der Waals surface area contributed by atoms with Gasteiger partial charge in [-0.15, -0.1) is 0 Å². The molecule has 0 radical (unpaired) electrons. The number of rotatable bonds is 4. The van der Waals surface area contributed by atoms with E-state index in [4.69, 9.17) is 0 Å².